The highest BCUT2D eigenvalue weighted by atomic mass is 35.5. The van der Waals surface area contributed by atoms with Crippen molar-refractivity contribution in [2.45, 2.75) is 4.90 Å². The SMILES string of the molecule is COC(=O)c1ccc(NC(=O)CN2CCN(S(=O)(=O)c3cc(Cl)ccc3Cl)CC2)cc1. The molecule has 1 N–H and O–H groups in total. The number of rotatable bonds is 6. The molecule has 8 nitrogen and oxygen atoms in total. The molecule has 31 heavy (non-hydrogen) atoms. The second kappa shape index (κ2) is 9.97. The van der Waals surface area contributed by atoms with Crippen LogP contribution in [0.25, 0.3) is 0 Å². The summed E-state index contributed by atoms with van der Waals surface area (Å²) in [4.78, 5) is 25.6. The van der Waals surface area contributed by atoms with E-state index in [1.165, 1.54) is 29.6 Å². The molecule has 1 amide bonds. The predicted molar refractivity (Wildman–Crippen MR) is 118 cm³/mol. The minimum atomic E-state index is -3.78. The van der Waals surface area contributed by atoms with E-state index in [1.807, 2.05) is 4.90 Å². The molecule has 2 aromatic carbocycles. The third kappa shape index (κ3) is 5.75. The van der Waals surface area contributed by atoms with Gasteiger partial charge >= 0.3 is 5.97 Å². The zero-order chi connectivity index (χ0) is 22.6. The summed E-state index contributed by atoms with van der Waals surface area (Å²) in [6.07, 6.45) is 0. The van der Waals surface area contributed by atoms with Crippen molar-refractivity contribution in [3.8, 4) is 0 Å². The number of nitrogens with zero attached hydrogens (tertiary/aromatic N) is 2. The van der Waals surface area contributed by atoms with Gasteiger partial charge in [0.05, 0.1) is 24.2 Å². The number of hydrogen-bond donors (Lipinski definition) is 1. The van der Waals surface area contributed by atoms with Gasteiger partial charge in [-0.2, -0.15) is 4.31 Å². The van der Waals surface area contributed by atoms with Crippen LogP contribution in [0.5, 0.6) is 0 Å². The summed E-state index contributed by atoms with van der Waals surface area (Å²) in [5, 5.41) is 3.16. The summed E-state index contributed by atoms with van der Waals surface area (Å²) in [6, 6.07) is 10.7. The van der Waals surface area contributed by atoms with Crippen molar-refractivity contribution >= 4 is 50.8 Å². The van der Waals surface area contributed by atoms with E-state index in [-0.39, 0.29) is 40.5 Å². The van der Waals surface area contributed by atoms with Gasteiger partial charge in [-0.15, -0.1) is 0 Å². The fraction of sp³-hybridized carbons (Fsp3) is 0.300. The maximum Gasteiger partial charge on any atom is 0.337 e. The number of nitrogens with one attached hydrogen (secondary N) is 1. The molecule has 0 bridgehead atoms. The van der Waals surface area contributed by atoms with Crippen molar-refractivity contribution in [1.29, 1.82) is 0 Å². The van der Waals surface area contributed by atoms with E-state index in [9.17, 15) is 18.0 Å². The summed E-state index contributed by atoms with van der Waals surface area (Å²) in [5.74, 6) is -0.690. The number of esters is 1. The highest BCUT2D eigenvalue weighted by Gasteiger charge is 2.30. The maximum absolute atomic E-state index is 12.9. The Morgan fingerprint density at radius 1 is 1.03 bits per heavy atom. The average molecular weight is 486 g/mol. The van der Waals surface area contributed by atoms with Crippen LogP contribution >= 0.6 is 23.2 Å². The van der Waals surface area contributed by atoms with Gasteiger partial charge in [0, 0.05) is 36.9 Å². The standard InChI is InChI=1S/C20H21Cl2N3O5S/c1-30-20(27)14-2-5-16(6-3-14)23-19(26)13-24-8-10-25(11-9-24)31(28,29)18-12-15(21)4-7-17(18)22/h2-7,12H,8-11,13H2,1H3,(H,23,26). The van der Waals surface area contributed by atoms with Crippen molar-refractivity contribution in [3.63, 3.8) is 0 Å². The summed E-state index contributed by atoms with van der Waals surface area (Å²) >= 11 is 12.0. The third-order valence-electron chi connectivity index (χ3n) is 4.80. The number of methoxy groups -OCH3 is 1. The molecule has 1 saturated heterocycles. The van der Waals surface area contributed by atoms with Crippen molar-refractivity contribution in [2.24, 2.45) is 0 Å². The molecule has 1 heterocycles. The van der Waals surface area contributed by atoms with Gasteiger partial charge in [-0.05, 0) is 42.5 Å². The van der Waals surface area contributed by atoms with Gasteiger partial charge in [-0.1, -0.05) is 23.2 Å². The second-order valence-corrected chi connectivity index (χ2v) is 9.62. The van der Waals surface area contributed by atoms with Crippen LogP contribution < -0.4 is 5.32 Å². The number of ether oxygens (including phenoxy) is 1. The van der Waals surface area contributed by atoms with E-state index in [2.05, 4.69) is 10.1 Å². The fourth-order valence-electron chi connectivity index (χ4n) is 3.15. The van der Waals surface area contributed by atoms with Crippen LogP contribution in [-0.2, 0) is 19.6 Å². The summed E-state index contributed by atoms with van der Waals surface area (Å²) in [6.45, 7) is 1.36. The van der Waals surface area contributed by atoms with Crippen LogP contribution in [0, 0.1) is 0 Å². The normalized spacial score (nSPS) is 15.5. The molecule has 3 rings (SSSR count). The molecule has 0 aromatic heterocycles. The lowest BCUT2D eigenvalue weighted by Crippen LogP contribution is -2.50. The maximum atomic E-state index is 12.9. The molecule has 166 valence electrons. The van der Waals surface area contributed by atoms with E-state index in [1.54, 1.807) is 24.3 Å². The van der Waals surface area contributed by atoms with Crippen LogP contribution in [0.1, 0.15) is 10.4 Å². The summed E-state index contributed by atoms with van der Waals surface area (Å²) in [7, 11) is -2.48. The lowest BCUT2D eigenvalue weighted by molar-refractivity contribution is -0.117. The largest absolute Gasteiger partial charge is 0.465 e. The quantitative estimate of drug-likeness (QED) is 0.631. The third-order valence-corrected chi connectivity index (χ3v) is 7.41. The smallest absolute Gasteiger partial charge is 0.337 e. The predicted octanol–water partition coefficient (Wildman–Crippen LogP) is 2.73. The number of carbonyl (C=O) groups is 2. The summed E-state index contributed by atoms with van der Waals surface area (Å²) in [5.41, 5.74) is 0.937. The zero-order valence-corrected chi connectivity index (χ0v) is 19.0. The Hall–Kier alpha value is -2.17. The number of amides is 1. The molecule has 1 fully saturated rings. The first-order valence-electron chi connectivity index (χ1n) is 9.36. The number of anilines is 1. The van der Waals surface area contributed by atoms with Crippen LogP contribution in [0.3, 0.4) is 0 Å². The van der Waals surface area contributed by atoms with Crippen LogP contribution in [-0.4, -0.2) is 69.3 Å². The highest BCUT2D eigenvalue weighted by molar-refractivity contribution is 7.89. The molecular formula is C20H21Cl2N3O5S. The highest BCUT2D eigenvalue weighted by Crippen LogP contribution is 2.28. The van der Waals surface area contributed by atoms with Gasteiger partial charge in [0.1, 0.15) is 4.90 Å². The van der Waals surface area contributed by atoms with Gasteiger partial charge in [0.25, 0.3) is 0 Å². The molecule has 1 aliphatic rings. The van der Waals surface area contributed by atoms with Gasteiger partial charge in [-0.25, -0.2) is 13.2 Å². The number of halogens is 2. The first kappa shape index (κ1) is 23.5. The van der Waals surface area contributed by atoms with E-state index < -0.39 is 16.0 Å². The lowest BCUT2D eigenvalue weighted by atomic mass is 10.2. The molecule has 11 heteroatoms. The number of hydrogen-bond acceptors (Lipinski definition) is 6. The van der Waals surface area contributed by atoms with Crippen LogP contribution in [0.2, 0.25) is 10.0 Å². The van der Waals surface area contributed by atoms with Gasteiger partial charge in [-0.3, -0.25) is 9.69 Å². The Bertz CT molecular complexity index is 1070. The summed E-state index contributed by atoms with van der Waals surface area (Å²) < 4.78 is 31.7. The zero-order valence-electron chi connectivity index (χ0n) is 16.7. The Balaban J connectivity index is 1.54. The minimum Gasteiger partial charge on any atom is -0.465 e. The van der Waals surface area contributed by atoms with Crippen molar-refractivity contribution in [1.82, 2.24) is 9.21 Å². The molecule has 0 saturated carbocycles. The number of benzene rings is 2. The Kier molecular flexibility index (Phi) is 7.55. The van der Waals surface area contributed by atoms with E-state index >= 15 is 0 Å². The number of piperazine rings is 1. The molecule has 0 unspecified atom stereocenters. The van der Waals surface area contributed by atoms with Crippen molar-refractivity contribution in [3.05, 3.63) is 58.1 Å². The molecule has 0 spiro atoms. The van der Waals surface area contributed by atoms with Gasteiger partial charge in [0.15, 0.2) is 0 Å². The van der Waals surface area contributed by atoms with Crippen LogP contribution in [0.4, 0.5) is 5.69 Å². The second-order valence-electron chi connectivity index (χ2n) is 6.87. The fourth-order valence-corrected chi connectivity index (χ4v) is 5.31. The topological polar surface area (TPSA) is 96.0 Å². The van der Waals surface area contributed by atoms with Gasteiger partial charge in [0.2, 0.25) is 15.9 Å². The van der Waals surface area contributed by atoms with Crippen molar-refractivity contribution < 1.29 is 22.7 Å². The molecule has 2 aromatic rings. The molecule has 0 atom stereocenters. The molecular weight excluding hydrogens is 465 g/mol. The Labute approximate surface area is 190 Å². The van der Waals surface area contributed by atoms with E-state index in [4.69, 9.17) is 23.2 Å². The molecule has 0 radical (unpaired) electrons. The number of sulfonamides is 1. The van der Waals surface area contributed by atoms with E-state index in [0.717, 1.165) is 0 Å². The van der Waals surface area contributed by atoms with E-state index in [0.29, 0.717) is 24.3 Å². The first-order chi connectivity index (χ1) is 14.7. The molecule has 1 aliphatic heterocycles. The average Bonchev–Trinajstić information content (AvgIpc) is 2.75. The lowest BCUT2D eigenvalue weighted by Gasteiger charge is -2.33. The molecule has 0 aliphatic carbocycles. The Morgan fingerprint density at radius 2 is 1.68 bits per heavy atom. The monoisotopic (exact) mass is 485 g/mol. The minimum absolute atomic E-state index is 0.0248. The number of carbonyl (C=O) groups excluding carboxylic acids is 2. The van der Waals surface area contributed by atoms with Crippen LogP contribution in [0.15, 0.2) is 47.4 Å². The Morgan fingerprint density at radius 3 is 2.29 bits per heavy atom. The van der Waals surface area contributed by atoms with Crippen molar-refractivity contribution in [2.75, 3.05) is 45.2 Å². The first-order valence-corrected chi connectivity index (χ1v) is 11.6. The van der Waals surface area contributed by atoms with Gasteiger partial charge < -0.3 is 10.1 Å².